The summed E-state index contributed by atoms with van der Waals surface area (Å²) >= 11 is 9.35. The number of likely N-dealkylation sites (N-methyl/N-ethyl adjacent to an activating group) is 1. The Morgan fingerprint density at radius 2 is 1.88 bits per heavy atom. The molecule has 1 aliphatic rings. The summed E-state index contributed by atoms with van der Waals surface area (Å²) in [7, 11) is 2.10. The van der Waals surface area contributed by atoms with Gasteiger partial charge in [-0.1, -0.05) is 11.6 Å². The number of hydrogen-bond donors (Lipinski definition) is 1. The molecular weight excluding hydrogens is 293 g/mol. The van der Waals surface area contributed by atoms with E-state index < -0.39 is 0 Å². The Labute approximate surface area is 108 Å². The second kappa shape index (κ2) is 4.73. The van der Waals surface area contributed by atoms with Gasteiger partial charge in [0.2, 0.25) is 5.95 Å². The van der Waals surface area contributed by atoms with Crippen molar-refractivity contribution in [3.8, 4) is 0 Å². The monoisotopic (exact) mass is 305 g/mol. The number of halogens is 2. The topological polar surface area (TPSA) is 58.3 Å². The van der Waals surface area contributed by atoms with Crippen LogP contribution in [0.5, 0.6) is 0 Å². The first-order chi connectivity index (χ1) is 7.58. The summed E-state index contributed by atoms with van der Waals surface area (Å²) < 4.78 is 0.716. The predicted octanol–water partition coefficient (Wildman–Crippen LogP) is 1.23. The lowest BCUT2D eigenvalue weighted by Crippen LogP contribution is -2.45. The van der Waals surface area contributed by atoms with Gasteiger partial charge in [0.1, 0.15) is 5.82 Å². The summed E-state index contributed by atoms with van der Waals surface area (Å²) in [6.45, 7) is 3.85. The maximum absolute atomic E-state index is 5.95. The van der Waals surface area contributed by atoms with E-state index in [4.69, 9.17) is 17.3 Å². The van der Waals surface area contributed by atoms with Gasteiger partial charge in [-0.2, -0.15) is 9.97 Å². The molecule has 1 aliphatic heterocycles. The van der Waals surface area contributed by atoms with Gasteiger partial charge in [0.15, 0.2) is 5.15 Å². The van der Waals surface area contributed by atoms with Crippen LogP contribution in [0, 0.1) is 0 Å². The van der Waals surface area contributed by atoms with Gasteiger partial charge in [0, 0.05) is 26.2 Å². The fourth-order valence-corrected chi connectivity index (χ4v) is 2.25. The van der Waals surface area contributed by atoms with Crippen LogP contribution in [-0.2, 0) is 0 Å². The molecule has 0 aromatic carbocycles. The summed E-state index contributed by atoms with van der Waals surface area (Å²) in [5.41, 5.74) is 5.60. The lowest BCUT2D eigenvalue weighted by molar-refractivity contribution is 0.312. The molecule has 1 aromatic rings. The third kappa shape index (κ3) is 2.39. The molecule has 0 spiro atoms. The zero-order valence-electron chi connectivity index (χ0n) is 8.95. The first kappa shape index (κ1) is 11.9. The van der Waals surface area contributed by atoms with E-state index in [2.05, 4.69) is 42.7 Å². The number of nitrogens with two attached hydrogens (primary N) is 1. The molecule has 0 bridgehead atoms. The minimum atomic E-state index is 0.210. The van der Waals surface area contributed by atoms with E-state index in [0.29, 0.717) is 9.63 Å². The fraction of sp³-hybridized carbons (Fsp3) is 0.556. The van der Waals surface area contributed by atoms with Crippen molar-refractivity contribution in [3.05, 3.63) is 9.63 Å². The van der Waals surface area contributed by atoms with Crippen LogP contribution in [0.1, 0.15) is 0 Å². The molecule has 0 aliphatic carbocycles. The second-order valence-corrected chi connectivity index (χ2v) is 4.95. The Hall–Kier alpha value is -0.590. The van der Waals surface area contributed by atoms with Crippen molar-refractivity contribution >= 4 is 39.3 Å². The maximum Gasteiger partial charge on any atom is 0.223 e. The quantitative estimate of drug-likeness (QED) is 0.791. The molecule has 0 unspecified atom stereocenters. The predicted molar refractivity (Wildman–Crippen MR) is 68.9 cm³/mol. The Balaban J connectivity index is 2.26. The van der Waals surface area contributed by atoms with E-state index in [1.165, 1.54) is 0 Å². The molecule has 0 atom stereocenters. The van der Waals surface area contributed by atoms with Crippen LogP contribution in [0.25, 0.3) is 0 Å². The van der Waals surface area contributed by atoms with Gasteiger partial charge in [0.25, 0.3) is 0 Å². The number of hydrogen-bond acceptors (Lipinski definition) is 5. The average molecular weight is 307 g/mol. The Morgan fingerprint density at radius 1 is 1.25 bits per heavy atom. The number of nitrogen functional groups attached to an aromatic ring is 1. The highest BCUT2D eigenvalue weighted by Crippen LogP contribution is 2.31. The SMILES string of the molecule is CN1CCN(c2nc(N)nc(Cl)c2Br)CC1. The smallest absolute Gasteiger partial charge is 0.223 e. The summed E-state index contributed by atoms with van der Waals surface area (Å²) in [6.07, 6.45) is 0. The summed E-state index contributed by atoms with van der Waals surface area (Å²) in [5, 5.41) is 0.362. The first-order valence-corrected chi connectivity index (χ1v) is 6.17. The number of piperazine rings is 1. The van der Waals surface area contributed by atoms with Crippen LogP contribution in [0.3, 0.4) is 0 Å². The second-order valence-electron chi connectivity index (χ2n) is 3.80. The van der Waals surface area contributed by atoms with E-state index in [0.717, 1.165) is 32.0 Å². The van der Waals surface area contributed by atoms with E-state index >= 15 is 0 Å². The van der Waals surface area contributed by atoms with Crippen molar-refractivity contribution in [3.63, 3.8) is 0 Å². The largest absolute Gasteiger partial charge is 0.368 e. The van der Waals surface area contributed by atoms with Gasteiger partial charge >= 0.3 is 0 Å². The minimum Gasteiger partial charge on any atom is -0.368 e. The van der Waals surface area contributed by atoms with Gasteiger partial charge in [0.05, 0.1) is 4.47 Å². The Kier molecular flexibility index (Phi) is 3.51. The Morgan fingerprint density at radius 3 is 2.50 bits per heavy atom. The number of aromatic nitrogens is 2. The average Bonchev–Trinajstić information content (AvgIpc) is 2.25. The zero-order valence-corrected chi connectivity index (χ0v) is 11.3. The minimum absolute atomic E-state index is 0.210. The third-order valence-electron chi connectivity index (χ3n) is 2.61. The van der Waals surface area contributed by atoms with Crippen molar-refractivity contribution in [2.24, 2.45) is 0 Å². The molecule has 2 rings (SSSR count). The Bertz CT molecular complexity index is 392. The summed E-state index contributed by atoms with van der Waals surface area (Å²) in [5.74, 6) is 0.993. The van der Waals surface area contributed by atoms with Crippen molar-refractivity contribution in [1.29, 1.82) is 0 Å². The molecule has 16 heavy (non-hydrogen) atoms. The van der Waals surface area contributed by atoms with Crippen LogP contribution in [-0.4, -0.2) is 48.1 Å². The van der Waals surface area contributed by atoms with Crippen molar-refractivity contribution < 1.29 is 0 Å². The van der Waals surface area contributed by atoms with Crippen LogP contribution in [0.4, 0.5) is 11.8 Å². The lowest BCUT2D eigenvalue weighted by Gasteiger charge is -2.33. The first-order valence-electron chi connectivity index (χ1n) is 5.00. The van der Waals surface area contributed by atoms with Crippen molar-refractivity contribution in [2.45, 2.75) is 0 Å². The van der Waals surface area contributed by atoms with E-state index in [-0.39, 0.29) is 5.95 Å². The molecular formula is C9H13BrClN5. The van der Waals surface area contributed by atoms with E-state index in [1.807, 2.05) is 0 Å². The van der Waals surface area contributed by atoms with Crippen molar-refractivity contribution in [2.75, 3.05) is 43.9 Å². The molecule has 0 amide bonds. The molecule has 1 saturated heterocycles. The van der Waals surface area contributed by atoms with Crippen LogP contribution in [0.2, 0.25) is 5.15 Å². The normalized spacial score (nSPS) is 17.8. The highest BCUT2D eigenvalue weighted by Gasteiger charge is 2.20. The molecule has 0 saturated carbocycles. The molecule has 7 heteroatoms. The molecule has 0 radical (unpaired) electrons. The van der Waals surface area contributed by atoms with Crippen molar-refractivity contribution in [1.82, 2.24) is 14.9 Å². The molecule has 1 fully saturated rings. The molecule has 1 aromatic heterocycles. The highest BCUT2D eigenvalue weighted by atomic mass is 79.9. The summed E-state index contributed by atoms with van der Waals surface area (Å²) in [4.78, 5) is 12.6. The third-order valence-corrected chi connectivity index (χ3v) is 3.85. The molecule has 88 valence electrons. The zero-order chi connectivity index (χ0) is 11.7. The summed E-state index contributed by atoms with van der Waals surface area (Å²) in [6, 6.07) is 0. The van der Waals surface area contributed by atoms with Gasteiger partial charge in [-0.3, -0.25) is 0 Å². The lowest BCUT2D eigenvalue weighted by atomic mass is 10.3. The molecule has 2 N–H and O–H groups in total. The highest BCUT2D eigenvalue weighted by molar-refractivity contribution is 9.10. The van der Waals surface area contributed by atoms with E-state index in [1.54, 1.807) is 0 Å². The number of rotatable bonds is 1. The van der Waals surface area contributed by atoms with Gasteiger partial charge in [-0.25, -0.2) is 0 Å². The number of nitrogens with zero attached hydrogens (tertiary/aromatic N) is 4. The van der Waals surface area contributed by atoms with Crippen LogP contribution in [0.15, 0.2) is 4.47 Å². The van der Waals surface area contributed by atoms with Gasteiger partial charge in [-0.05, 0) is 23.0 Å². The van der Waals surface area contributed by atoms with Gasteiger partial charge < -0.3 is 15.5 Å². The molecule has 5 nitrogen and oxygen atoms in total. The van der Waals surface area contributed by atoms with E-state index in [9.17, 15) is 0 Å². The standard InChI is InChI=1S/C9H13BrClN5/c1-15-2-4-16(5-3-15)8-6(10)7(11)13-9(12)14-8/h2-5H2,1H3,(H2,12,13,14). The van der Waals surface area contributed by atoms with Crippen LogP contribution >= 0.6 is 27.5 Å². The molecule has 2 heterocycles. The van der Waals surface area contributed by atoms with Crippen LogP contribution < -0.4 is 10.6 Å². The maximum atomic E-state index is 5.95. The fourth-order valence-electron chi connectivity index (χ4n) is 1.65. The number of anilines is 2. The van der Waals surface area contributed by atoms with Gasteiger partial charge in [-0.15, -0.1) is 0 Å².